The molecule has 0 bridgehead atoms. The number of hydrogen-bond acceptors (Lipinski definition) is 1. The van der Waals surface area contributed by atoms with E-state index < -0.39 is 0 Å². The van der Waals surface area contributed by atoms with E-state index in [-0.39, 0.29) is 0 Å². The van der Waals surface area contributed by atoms with Crippen molar-refractivity contribution >= 4 is 27.5 Å². The van der Waals surface area contributed by atoms with Gasteiger partial charge in [-0.05, 0) is 48.9 Å². The van der Waals surface area contributed by atoms with Crippen LogP contribution in [0.4, 0.5) is 0 Å². The molecule has 1 fully saturated rings. The molecule has 1 saturated carbocycles. The van der Waals surface area contributed by atoms with E-state index in [1.54, 1.807) is 0 Å². The van der Waals surface area contributed by atoms with Gasteiger partial charge in [-0.3, -0.25) is 0 Å². The molecule has 1 N–H and O–H groups in total. The van der Waals surface area contributed by atoms with Gasteiger partial charge >= 0.3 is 0 Å². The first-order valence-electron chi connectivity index (χ1n) is 7.29. The van der Waals surface area contributed by atoms with Gasteiger partial charge in [-0.1, -0.05) is 60.3 Å². The van der Waals surface area contributed by atoms with E-state index in [2.05, 4.69) is 47.2 Å². The summed E-state index contributed by atoms with van der Waals surface area (Å²) in [7, 11) is 0. The Morgan fingerprint density at radius 3 is 2.79 bits per heavy atom. The second-order valence-corrected chi connectivity index (χ2v) is 7.00. The molecule has 1 nitrogen and oxygen atoms in total. The molecular formula is C16H23BrClN. The van der Waals surface area contributed by atoms with Gasteiger partial charge in [0.05, 0.1) is 0 Å². The van der Waals surface area contributed by atoms with Crippen LogP contribution in [-0.2, 0) is 6.42 Å². The zero-order valence-corrected chi connectivity index (χ0v) is 14.1. The van der Waals surface area contributed by atoms with E-state index in [1.165, 1.54) is 24.8 Å². The van der Waals surface area contributed by atoms with Gasteiger partial charge in [0.1, 0.15) is 0 Å². The third-order valence-electron chi connectivity index (χ3n) is 4.37. The maximum atomic E-state index is 6.36. The predicted molar refractivity (Wildman–Crippen MR) is 86.8 cm³/mol. The zero-order valence-electron chi connectivity index (χ0n) is 11.8. The Morgan fingerprint density at radius 1 is 1.42 bits per heavy atom. The van der Waals surface area contributed by atoms with Crippen molar-refractivity contribution in [2.24, 2.45) is 11.8 Å². The van der Waals surface area contributed by atoms with E-state index in [0.717, 1.165) is 34.3 Å². The summed E-state index contributed by atoms with van der Waals surface area (Å²) in [5.41, 5.74) is 1.26. The first kappa shape index (κ1) is 15.3. The summed E-state index contributed by atoms with van der Waals surface area (Å²) in [5, 5.41) is 4.55. The highest BCUT2D eigenvalue weighted by atomic mass is 79.9. The van der Waals surface area contributed by atoms with Gasteiger partial charge in [0.25, 0.3) is 0 Å². The number of rotatable bonds is 5. The highest BCUT2D eigenvalue weighted by Crippen LogP contribution is 2.35. The fraction of sp³-hybridized carbons (Fsp3) is 0.625. The van der Waals surface area contributed by atoms with Crippen LogP contribution in [0.5, 0.6) is 0 Å². The van der Waals surface area contributed by atoms with E-state index in [1.807, 2.05) is 6.07 Å². The van der Waals surface area contributed by atoms with Crippen LogP contribution in [0, 0.1) is 11.8 Å². The Morgan fingerprint density at radius 2 is 2.21 bits per heavy atom. The van der Waals surface area contributed by atoms with Crippen molar-refractivity contribution in [3.05, 3.63) is 33.3 Å². The lowest BCUT2D eigenvalue weighted by atomic mass is 9.86. The average molecular weight is 345 g/mol. The lowest BCUT2D eigenvalue weighted by Gasteiger charge is -2.28. The molecule has 1 aliphatic carbocycles. The molecule has 0 aliphatic heterocycles. The average Bonchev–Trinajstić information content (AvgIpc) is 2.78. The fourth-order valence-electron chi connectivity index (χ4n) is 3.33. The first-order valence-corrected chi connectivity index (χ1v) is 8.46. The summed E-state index contributed by atoms with van der Waals surface area (Å²) in [4.78, 5) is 0. The number of likely N-dealkylation sites (N-methyl/N-ethyl adjacent to an activating group) is 1. The molecule has 19 heavy (non-hydrogen) atoms. The lowest BCUT2D eigenvalue weighted by Crippen LogP contribution is -2.39. The largest absolute Gasteiger partial charge is 0.314 e. The quantitative estimate of drug-likeness (QED) is 0.787. The maximum Gasteiger partial charge on any atom is 0.0449 e. The Hall–Kier alpha value is -0.0500. The predicted octanol–water partition coefficient (Wildman–Crippen LogP) is 5.06. The van der Waals surface area contributed by atoms with Crippen molar-refractivity contribution in [1.29, 1.82) is 0 Å². The van der Waals surface area contributed by atoms with E-state index >= 15 is 0 Å². The Labute approximate surface area is 130 Å². The molecule has 0 amide bonds. The first-order chi connectivity index (χ1) is 9.11. The topological polar surface area (TPSA) is 12.0 Å². The molecule has 3 heteroatoms. The van der Waals surface area contributed by atoms with Crippen molar-refractivity contribution in [3.63, 3.8) is 0 Å². The molecule has 3 atom stereocenters. The zero-order chi connectivity index (χ0) is 13.8. The molecule has 2 rings (SSSR count). The molecule has 0 aromatic heterocycles. The monoisotopic (exact) mass is 343 g/mol. The summed E-state index contributed by atoms with van der Waals surface area (Å²) in [6.45, 7) is 5.61. The SMILES string of the molecule is CCNC(Cc1ccc(Br)cc1Cl)C1CCCC1C. The molecule has 0 radical (unpaired) electrons. The van der Waals surface area contributed by atoms with Crippen LogP contribution >= 0.6 is 27.5 Å². The minimum absolute atomic E-state index is 0.557. The van der Waals surface area contributed by atoms with Crippen molar-refractivity contribution in [3.8, 4) is 0 Å². The fourth-order valence-corrected chi connectivity index (χ4v) is 4.08. The molecule has 0 saturated heterocycles. The molecular weight excluding hydrogens is 322 g/mol. The van der Waals surface area contributed by atoms with Crippen LogP contribution in [0.15, 0.2) is 22.7 Å². The van der Waals surface area contributed by atoms with Gasteiger partial charge < -0.3 is 5.32 Å². The molecule has 106 valence electrons. The summed E-state index contributed by atoms with van der Waals surface area (Å²) >= 11 is 9.83. The third kappa shape index (κ3) is 3.96. The summed E-state index contributed by atoms with van der Waals surface area (Å²) in [6, 6.07) is 6.79. The molecule has 0 spiro atoms. The van der Waals surface area contributed by atoms with Crippen LogP contribution in [0.1, 0.15) is 38.7 Å². The lowest BCUT2D eigenvalue weighted by molar-refractivity contribution is 0.298. The van der Waals surface area contributed by atoms with E-state index in [9.17, 15) is 0 Å². The minimum Gasteiger partial charge on any atom is -0.314 e. The van der Waals surface area contributed by atoms with Gasteiger partial charge in [0.15, 0.2) is 0 Å². The molecule has 0 heterocycles. The molecule has 1 aliphatic rings. The van der Waals surface area contributed by atoms with Gasteiger partial charge in [0.2, 0.25) is 0 Å². The summed E-state index contributed by atoms with van der Waals surface area (Å²) in [5.74, 6) is 1.62. The Kier molecular flexibility index (Phi) is 5.73. The molecule has 1 aromatic rings. The maximum absolute atomic E-state index is 6.36. The smallest absolute Gasteiger partial charge is 0.0449 e. The standard InChI is InChI=1S/C16H23BrClN/c1-3-19-16(14-6-4-5-11(14)2)9-12-7-8-13(17)10-15(12)18/h7-8,10-11,14,16,19H,3-6,9H2,1-2H3. The minimum atomic E-state index is 0.557. The Balaban J connectivity index is 2.11. The van der Waals surface area contributed by atoms with Gasteiger partial charge in [-0.15, -0.1) is 0 Å². The normalized spacial score (nSPS) is 24.6. The van der Waals surface area contributed by atoms with Crippen LogP contribution in [-0.4, -0.2) is 12.6 Å². The summed E-state index contributed by atoms with van der Waals surface area (Å²) in [6.07, 6.45) is 5.14. The molecule has 1 aromatic carbocycles. The van der Waals surface area contributed by atoms with Gasteiger partial charge in [0, 0.05) is 15.5 Å². The van der Waals surface area contributed by atoms with Crippen molar-refractivity contribution in [2.45, 2.75) is 45.6 Å². The number of benzene rings is 1. The van der Waals surface area contributed by atoms with E-state index in [4.69, 9.17) is 11.6 Å². The van der Waals surface area contributed by atoms with Gasteiger partial charge in [-0.25, -0.2) is 0 Å². The number of hydrogen-bond donors (Lipinski definition) is 1. The van der Waals surface area contributed by atoms with Crippen molar-refractivity contribution in [2.75, 3.05) is 6.54 Å². The highest BCUT2D eigenvalue weighted by molar-refractivity contribution is 9.10. The van der Waals surface area contributed by atoms with Crippen molar-refractivity contribution in [1.82, 2.24) is 5.32 Å². The van der Waals surface area contributed by atoms with Crippen molar-refractivity contribution < 1.29 is 0 Å². The second-order valence-electron chi connectivity index (χ2n) is 5.68. The number of halogens is 2. The third-order valence-corrected chi connectivity index (χ3v) is 5.21. The van der Waals surface area contributed by atoms with Crippen LogP contribution < -0.4 is 5.32 Å². The van der Waals surface area contributed by atoms with Crippen LogP contribution in [0.25, 0.3) is 0 Å². The summed E-state index contributed by atoms with van der Waals surface area (Å²) < 4.78 is 1.05. The van der Waals surface area contributed by atoms with Crippen LogP contribution in [0.2, 0.25) is 5.02 Å². The highest BCUT2D eigenvalue weighted by Gasteiger charge is 2.30. The molecule has 3 unspecified atom stereocenters. The second kappa shape index (κ2) is 7.10. The Bertz CT molecular complexity index is 421. The van der Waals surface area contributed by atoms with E-state index in [0.29, 0.717) is 6.04 Å². The van der Waals surface area contributed by atoms with Gasteiger partial charge in [-0.2, -0.15) is 0 Å². The number of nitrogens with one attached hydrogen (secondary N) is 1. The van der Waals surface area contributed by atoms with Crippen LogP contribution in [0.3, 0.4) is 0 Å².